The molecule has 9 nitrogen and oxygen atoms in total. The third kappa shape index (κ3) is 5.22. The van der Waals surface area contributed by atoms with Gasteiger partial charge in [0, 0.05) is 51.0 Å². The van der Waals surface area contributed by atoms with Gasteiger partial charge in [-0.2, -0.15) is 0 Å². The van der Waals surface area contributed by atoms with Crippen LogP contribution in [-0.2, 0) is 14.3 Å². The molecule has 32 heavy (non-hydrogen) atoms. The van der Waals surface area contributed by atoms with E-state index in [0.29, 0.717) is 30.1 Å². The largest absolute Gasteiger partial charge is 0.377 e. The first-order valence-corrected chi connectivity index (χ1v) is 10.4. The van der Waals surface area contributed by atoms with Crippen LogP contribution in [0.1, 0.15) is 31.4 Å². The minimum Gasteiger partial charge on any atom is -0.377 e. The maximum absolute atomic E-state index is 12.1. The summed E-state index contributed by atoms with van der Waals surface area (Å²) in [5, 5.41) is 13.7. The number of nitrogens with zero attached hydrogens (tertiary/aromatic N) is 3. The van der Waals surface area contributed by atoms with Crippen LogP contribution in [0.4, 0.5) is 0 Å². The predicted molar refractivity (Wildman–Crippen MR) is 121 cm³/mol. The monoisotopic (exact) mass is 439 g/mol. The highest BCUT2D eigenvalue weighted by Gasteiger charge is 2.42. The van der Waals surface area contributed by atoms with Crippen LogP contribution in [0.5, 0.6) is 0 Å². The third-order valence-corrected chi connectivity index (χ3v) is 5.61. The second-order valence-corrected chi connectivity index (χ2v) is 8.62. The SMILES string of the molecule is COC(C)(C)CNC1C=NC(c2cccc(C#C[C@]3(O)CCN(C)C3=O)c2)=NC1C(N)=O. The molecule has 1 aromatic carbocycles. The predicted octanol–water partition coefficient (Wildman–Crippen LogP) is -0.301. The molecule has 2 amide bonds. The van der Waals surface area contributed by atoms with Crippen LogP contribution in [-0.4, -0.2) is 84.4 Å². The first-order valence-electron chi connectivity index (χ1n) is 10.4. The summed E-state index contributed by atoms with van der Waals surface area (Å²) in [6, 6.07) is 5.80. The van der Waals surface area contributed by atoms with E-state index >= 15 is 0 Å². The van der Waals surface area contributed by atoms with E-state index in [0.717, 1.165) is 0 Å². The summed E-state index contributed by atoms with van der Waals surface area (Å²) in [4.78, 5) is 34.5. The first-order chi connectivity index (χ1) is 15.0. The highest BCUT2D eigenvalue weighted by atomic mass is 16.5. The molecular weight excluding hydrogens is 410 g/mol. The van der Waals surface area contributed by atoms with Crippen molar-refractivity contribution >= 4 is 23.9 Å². The van der Waals surface area contributed by atoms with Crippen molar-refractivity contribution in [3.63, 3.8) is 0 Å². The normalized spacial score (nSPS) is 25.3. The summed E-state index contributed by atoms with van der Waals surface area (Å²) in [6.45, 7) is 4.79. The molecule has 0 spiro atoms. The fourth-order valence-electron chi connectivity index (χ4n) is 3.35. The lowest BCUT2D eigenvalue weighted by molar-refractivity contribution is -0.137. The van der Waals surface area contributed by atoms with E-state index in [4.69, 9.17) is 10.5 Å². The number of nitrogens with two attached hydrogens (primary N) is 1. The number of ether oxygens (including phenoxy) is 1. The van der Waals surface area contributed by atoms with Crippen LogP contribution in [0.3, 0.4) is 0 Å². The first kappa shape index (κ1) is 23.6. The summed E-state index contributed by atoms with van der Waals surface area (Å²) in [6.07, 6.45) is 1.89. The van der Waals surface area contributed by atoms with Crippen molar-refractivity contribution < 1.29 is 19.4 Å². The van der Waals surface area contributed by atoms with Gasteiger partial charge >= 0.3 is 0 Å². The number of nitrogens with one attached hydrogen (secondary N) is 1. The highest BCUT2D eigenvalue weighted by Crippen LogP contribution is 2.21. The Morgan fingerprint density at radius 2 is 2.22 bits per heavy atom. The van der Waals surface area contributed by atoms with E-state index in [1.54, 1.807) is 44.6 Å². The van der Waals surface area contributed by atoms with Crippen LogP contribution >= 0.6 is 0 Å². The fourth-order valence-corrected chi connectivity index (χ4v) is 3.35. The van der Waals surface area contributed by atoms with E-state index < -0.39 is 35.1 Å². The number of likely N-dealkylation sites (N-methyl/N-ethyl adjacent to an activating group) is 1. The number of hydrogen-bond acceptors (Lipinski definition) is 7. The van der Waals surface area contributed by atoms with Crippen LogP contribution in [0.2, 0.25) is 0 Å². The van der Waals surface area contributed by atoms with Gasteiger partial charge < -0.3 is 25.8 Å². The molecular formula is C23H29N5O4. The number of hydrogen-bond donors (Lipinski definition) is 3. The molecule has 2 heterocycles. The minimum atomic E-state index is -1.67. The fraction of sp³-hybridized carbons (Fsp3) is 0.478. The Morgan fingerprint density at radius 1 is 1.47 bits per heavy atom. The van der Waals surface area contributed by atoms with Crippen LogP contribution in [0.25, 0.3) is 0 Å². The number of methoxy groups -OCH3 is 1. The zero-order chi connectivity index (χ0) is 23.5. The molecule has 9 heteroatoms. The number of likely N-dealkylation sites (tertiary alicyclic amines) is 1. The zero-order valence-corrected chi connectivity index (χ0v) is 18.8. The van der Waals surface area contributed by atoms with Gasteiger partial charge in [-0.3, -0.25) is 14.6 Å². The molecule has 1 fully saturated rings. The third-order valence-electron chi connectivity index (χ3n) is 5.61. The summed E-state index contributed by atoms with van der Waals surface area (Å²) < 4.78 is 5.39. The Kier molecular flexibility index (Phi) is 6.79. The molecule has 2 unspecified atom stereocenters. The van der Waals surface area contributed by atoms with Crippen molar-refractivity contribution in [3.05, 3.63) is 35.4 Å². The lowest BCUT2D eigenvalue weighted by Gasteiger charge is -2.29. The molecule has 1 aromatic rings. The Labute approximate surface area is 187 Å². The number of benzene rings is 1. The van der Waals surface area contributed by atoms with Gasteiger partial charge in [-0.25, -0.2) is 4.99 Å². The van der Waals surface area contributed by atoms with Crippen LogP contribution < -0.4 is 11.1 Å². The Balaban J connectivity index is 1.80. The van der Waals surface area contributed by atoms with E-state index in [1.165, 1.54) is 4.90 Å². The standard InChI is InChI=1S/C23H29N5O4/c1-22(2,32-4)14-26-17-13-25-20(27-18(17)19(24)29)16-7-5-6-15(12-16)8-9-23(31)10-11-28(3)21(23)30/h5-7,12-13,17-18,26,31H,10-11,14H2,1-4H3,(H2,24,29)/t17?,18?,23-/m0/s1. The molecule has 0 aliphatic carbocycles. The number of amidine groups is 1. The number of rotatable bonds is 6. The van der Waals surface area contributed by atoms with Crippen molar-refractivity contribution in [3.8, 4) is 11.8 Å². The van der Waals surface area contributed by atoms with E-state index in [2.05, 4.69) is 27.1 Å². The average molecular weight is 440 g/mol. The number of primary amides is 1. The molecule has 170 valence electrons. The quantitative estimate of drug-likeness (QED) is 0.524. The van der Waals surface area contributed by atoms with Gasteiger partial charge in [-0.1, -0.05) is 24.0 Å². The number of carbonyl (C=O) groups excluding carboxylic acids is 2. The lowest BCUT2D eigenvalue weighted by Crippen LogP contribution is -2.52. The molecule has 4 N–H and O–H groups in total. The molecule has 0 bridgehead atoms. The number of aliphatic imine (C=N–C) groups is 2. The van der Waals surface area contributed by atoms with Crippen molar-refractivity contribution in [2.24, 2.45) is 15.7 Å². The molecule has 3 atom stereocenters. The average Bonchev–Trinajstić information content (AvgIpc) is 3.04. The van der Waals surface area contributed by atoms with Crippen LogP contribution in [0, 0.1) is 11.8 Å². The van der Waals surface area contributed by atoms with Gasteiger partial charge in [0.05, 0.1) is 11.6 Å². The number of aliphatic hydroxyl groups is 1. The van der Waals surface area contributed by atoms with Gasteiger partial charge in [-0.15, -0.1) is 0 Å². The number of carbonyl (C=O) groups is 2. The Hall–Kier alpha value is -3.06. The molecule has 3 rings (SSSR count). The van der Waals surface area contributed by atoms with Crippen molar-refractivity contribution in [2.75, 3.05) is 27.2 Å². The molecule has 0 radical (unpaired) electrons. The van der Waals surface area contributed by atoms with Crippen molar-refractivity contribution in [2.45, 2.75) is 43.6 Å². The summed E-state index contributed by atoms with van der Waals surface area (Å²) in [5.74, 6) is 4.96. The Morgan fingerprint density at radius 3 is 2.84 bits per heavy atom. The maximum Gasteiger partial charge on any atom is 0.267 e. The van der Waals surface area contributed by atoms with Gasteiger partial charge in [0.1, 0.15) is 0 Å². The van der Waals surface area contributed by atoms with Crippen molar-refractivity contribution in [1.82, 2.24) is 10.2 Å². The smallest absolute Gasteiger partial charge is 0.267 e. The topological polar surface area (TPSA) is 130 Å². The van der Waals surface area contributed by atoms with Gasteiger partial charge in [0.25, 0.3) is 5.91 Å². The zero-order valence-electron chi connectivity index (χ0n) is 18.8. The highest BCUT2D eigenvalue weighted by molar-refractivity contribution is 6.07. The molecule has 0 saturated carbocycles. The van der Waals surface area contributed by atoms with Gasteiger partial charge in [0.15, 0.2) is 11.9 Å². The molecule has 2 aliphatic rings. The van der Waals surface area contributed by atoms with Crippen LogP contribution in [0.15, 0.2) is 34.3 Å². The lowest BCUT2D eigenvalue weighted by atomic mass is 10.0. The van der Waals surface area contributed by atoms with E-state index in [1.807, 2.05) is 13.8 Å². The van der Waals surface area contributed by atoms with E-state index in [9.17, 15) is 14.7 Å². The maximum atomic E-state index is 12.1. The molecule has 1 saturated heterocycles. The number of amides is 2. The second-order valence-electron chi connectivity index (χ2n) is 8.62. The van der Waals surface area contributed by atoms with Gasteiger partial charge in [0.2, 0.25) is 11.5 Å². The second kappa shape index (κ2) is 9.20. The van der Waals surface area contributed by atoms with E-state index in [-0.39, 0.29) is 6.42 Å². The summed E-state index contributed by atoms with van der Waals surface area (Å²) in [5.41, 5.74) is 4.74. The van der Waals surface area contributed by atoms with Gasteiger partial charge in [-0.05, 0) is 26.0 Å². The minimum absolute atomic E-state index is 0.264. The summed E-state index contributed by atoms with van der Waals surface area (Å²) >= 11 is 0. The van der Waals surface area contributed by atoms with Crippen molar-refractivity contribution in [1.29, 1.82) is 0 Å². The molecule has 0 aromatic heterocycles. The molecule has 2 aliphatic heterocycles. The summed E-state index contributed by atoms with van der Waals surface area (Å²) in [7, 11) is 3.25. The Bertz CT molecular complexity index is 1020.